The zero-order valence-electron chi connectivity index (χ0n) is 11.0. The minimum absolute atomic E-state index is 0.117. The standard InChI is InChI=1S/C15H17FN2O/c1-11-6-13(16)8-14(7-11)18-15(2,10-19)12-4-3-5-17-9-12/h3-9,18-19H,10H2,1-2H3. The second kappa shape index (κ2) is 5.36. The number of hydrogen-bond acceptors (Lipinski definition) is 3. The molecule has 0 bridgehead atoms. The van der Waals surface area contributed by atoms with Crippen molar-refractivity contribution in [3.63, 3.8) is 0 Å². The fraction of sp³-hybridized carbons (Fsp3) is 0.267. The first-order chi connectivity index (χ1) is 9.03. The van der Waals surface area contributed by atoms with E-state index in [0.29, 0.717) is 5.69 Å². The predicted octanol–water partition coefficient (Wildman–Crippen LogP) is 2.85. The maximum absolute atomic E-state index is 13.4. The largest absolute Gasteiger partial charge is 0.394 e. The van der Waals surface area contributed by atoms with Gasteiger partial charge in [0.2, 0.25) is 0 Å². The smallest absolute Gasteiger partial charge is 0.125 e. The summed E-state index contributed by atoms with van der Waals surface area (Å²) in [5, 5.41) is 12.8. The molecule has 0 saturated carbocycles. The van der Waals surface area contributed by atoms with Crippen LogP contribution in [0.5, 0.6) is 0 Å². The van der Waals surface area contributed by atoms with Gasteiger partial charge in [0.25, 0.3) is 0 Å². The van der Waals surface area contributed by atoms with Crippen LogP contribution in [0.3, 0.4) is 0 Å². The highest BCUT2D eigenvalue weighted by atomic mass is 19.1. The Bertz CT molecular complexity index is 539. The number of aliphatic hydroxyl groups excluding tert-OH is 1. The third-order valence-electron chi connectivity index (χ3n) is 3.08. The molecule has 1 unspecified atom stereocenters. The van der Waals surface area contributed by atoms with Crippen molar-refractivity contribution < 1.29 is 9.50 Å². The summed E-state index contributed by atoms with van der Waals surface area (Å²) >= 11 is 0. The molecule has 0 spiro atoms. The Labute approximate surface area is 112 Å². The maximum atomic E-state index is 13.4. The lowest BCUT2D eigenvalue weighted by molar-refractivity contribution is 0.223. The average molecular weight is 260 g/mol. The van der Waals surface area contributed by atoms with Crippen LogP contribution in [-0.2, 0) is 5.54 Å². The van der Waals surface area contributed by atoms with Crippen molar-refractivity contribution in [2.45, 2.75) is 19.4 Å². The first-order valence-corrected chi connectivity index (χ1v) is 6.10. The molecule has 1 aromatic heterocycles. The summed E-state index contributed by atoms with van der Waals surface area (Å²) in [6.07, 6.45) is 3.36. The number of benzene rings is 1. The van der Waals surface area contributed by atoms with Crippen LogP contribution in [0.1, 0.15) is 18.1 Å². The first-order valence-electron chi connectivity index (χ1n) is 6.10. The zero-order valence-corrected chi connectivity index (χ0v) is 11.0. The summed E-state index contributed by atoms with van der Waals surface area (Å²) < 4.78 is 13.4. The Morgan fingerprint density at radius 1 is 1.37 bits per heavy atom. The summed E-state index contributed by atoms with van der Waals surface area (Å²) in [5.41, 5.74) is 1.61. The van der Waals surface area contributed by atoms with Crippen molar-refractivity contribution in [3.05, 3.63) is 59.7 Å². The summed E-state index contributed by atoms with van der Waals surface area (Å²) in [7, 11) is 0. The van der Waals surface area contributed by atoms with Gasteiger partial charge in [-0.3, -0.25) is 4.98 Å². The molecule has 0 saturated heterocycles. The molecule has 3 nitrogen and oxygen atoms in total. The van der Waals surface area contributed by atoms with Gasteiger partial charge < -0.3 is 10.4 Å². The van der Waals surface area contributed by atoms with Gasteiger partial charge >= 0.3 is 0 Å². The van der Waals surface area contributed by atoms with Crippen LogP contribution < -0.4 is 5.32 Å². The van der Waals surface area contributed by atoms with Crippen LogP contribution in [0.25, 0.3) is 0 Å². The Hall–Kier alpha value is -1.94. The second-order valence-corrected chi connectivity index (χ2v) is 4.87. The predicted molar refractivity (Wildman–Crippen MR) is 73.4 cm³/mol. The van der Waals surface area contributed by atoms with Gasteiger partial charge in [0, 0.05) is 18.1 Å². The van der Waals surface area contributed by atoms with Gasteiger partial charge in [0.1, 0.15) is 5.82 Å². The van der Waals surface area contributed by atoms with Crippen molar-refractivity contribution in [2.24, 2.45) is 0 Å². The summed E-state index contributed by atoms with van der Waals surface area (Å²) in [4.78, 5) is 4.05. The molecule has 100 valence electrons. The molecular formula is C15H17FN2O. The Morgan fingerprint density at radius 3 is 2.74 bits per heavy atom. The van der Waals surface area contributed by atoms with Gasteiger partial charge in [-0.1, -0.05) is 6.07 Å². The summed E-state index contributed by atoms with van der Waals surface area (Å²) in [6.45, 7) is 3.56. The molecule has 1 heterocycles. The van der Waals surface area contributed by atoms with Crippen LogP contribution in [-0.4, -0.2) is 16.7 Å². The molecule has 0 amide bonds. The molecule has 0 aliphatic rings. The molecule has 1 atom stereocenters. The summed E-state index contributed by atoms with van der Waals surface area (Å²) in [5.74, 6) is -0.297. The maximum Gasteiger partial charge on any atom is 0.125 e. The van der Waals surface area contributed by atoms with Gasteiger partial charge in [-0.25, -0.2) is 4.39 Å². The van der Waals surface area contributed by atoms with Gasteiger partial charge in [0.15, 0.2) is 0 Å². The van der Waals surface area contributed by atoms with Crippen LogP contribution in [0, 0.1) is 12.7 Å². The van der Waals surface area contributed by atoms with Gasteiger partial charge in [-0.2, -0.15) is 0 Å². The summed E-state index contributed by atoms with van der Waals surface area (Å²) in [6, 6.07) is 8.40. The van der Waals surface area contributed by atoms with Gasteiger partial charge in [-0.15, -0.1) is 0 Å². The van der Waals surface area contributed by atoms with Gasteiger partial charge in [0.05, 0.1) is 12.1 Å². The van der Waals surface area contributed by atoms with E-state index < -0.39 is 5.54 Å². The van der Waals surface area contributed by atoms with Crippen molar-refractivity contribution in [3.8, 4) is 0 Å². The lowest BCUT2D eigenvalue weighted by Gasteiger charge is -2.30. The van der Waals surface area contributed by atoms with Crippen molar-refractivity contribution >= 4 is 5.69 Å². The molecule has 4 heteroatoms. The van der Waals surface area contributed by atoms with Crippen molar-refractivity contribution in [1.82, 2.24) is 4.98 Å². The number of halogens is 1. The van der Waals surface area contributed by atoms with E-state index in [2.05, 4.69) is 10.3 Å². The lowest BCUT2D eigenvalue weighted by atomic mass is 9.94. The van der Waals surface area contributed by atoms with Crippen molar-refractivity contribution in [2.75, 3.05) is 11.9 Å². The number of aryl methyl sites for hydroxylation is 1. The highest BCUT2D eigenvalue weighted by Crippen LogP contribution is 2.26. The number of aliphatic hydroxyl groups is 1. The Morgan fingerprint density at radius 2 is 2.16 bits per heavy atom. The number of pyridine rings is 1. The van der Waals surface area contributed by atoms with Crippen molar-refractivity contribution in [1.29, 1.82) is 0 Å². The van der Waals surface area contributed by atoms with E-state index in [0.717, 1.165) is 11.1 Å². The van der Waals surface area contributed by atoms with Crippen LogP contribution in [0.4, 0.5) is 10.1 Å². The number of aromatic nitrogens is 1. The molecule has 2 aromatic rings. The molecule has 1 aromatic carbocycles. The van der Waals surface area contributed by atoms with E-state index in [1.807, 2.05) is 32.0 Å². The average Bonchev–Trinajstić information content (AvgIpc) is 2.38. The molecule has 2 rings (SSSR count). The molecule has 2 N–H and O–H groups in total. The molecule has 0 aliphatic carbocycles. The Balaban J connectivity index is 2.33. The fourth-order valence-electron chi connectivity index (χ4n) is 2.02. The zero-order chi connectivity index (χ0) is 13.9. The number of anilines is 1. The van der Waals surface area contributed by atoms with E-state index in [1.165, 1.54) is 12.1 Å². The number of hydrogen-bond donors (Lipinski definition) is 2. The van der Waals surface area contributed by atoms with Crippen LogP contribution >= 0.6 is 0 Å². The number of nitrogens with zero attached hydrogens (tertiary/aromatic N) is 1. The van der Waals surface area contributed by atoms with E-state index >= 15 is 0 Å². The molecule has 0 aliphatic heterocycles. The van der Waals surface area contributed by atoms with E-state index in [9.17, 15) is 9.50 Å². The monoisotopic (exact) mass is 260 g/mol. The Kier molecular flexibility index (Phi) is 3.81. The first kappa shape index (κ1) is 13.5. The quantitative estimate of drug-likeness (QED) is 0.888. The van der Waals surface area contributed by atoms with E-state index in [4.69, 9.17) is 0 Å². The highest BCUT2D eigenvalue weighted by Gasteiger charge is 2.26. The number of nitrogens with one attached hydrogen (secondary N) is 1. The molecule has 19 heavy (non-hydrogen) atoms. The topological polar surface area (TPSA) is 45.1 Å². The molecular weight excluding hydrogens is 243 g/mol. The van der Waals surface area contributed by atoms with E-state index in [-0.39, 0.29) is 12.4 Å². The van der Waals surface area contributed by atoms with Gasteiger partial charge in [-0.05, 0) is 49.2 Å². The minimum atomic E-state index is -0.700. The normalized spacial score (nSPS) is 13.9. The SMILES string of the molecule is Cc1cc(F)cc(NC(C)(CO)c2cccnc2)c1. The molecule has 0 radical (unpaired) electrons. The van der Waals surface area contributed by atoms with E-state index in [1.54, 1.807) is 12.4 Å². The highest BCUT2D eigenvalue weighted by molar-refractivity contribution is 5.49. The lowest BCUT2D eigenvalue weighted by Crippen LogP contribution is -2.36. The minimum Gasteiger partial charge on any atom is -0.394 e. The van der Waals surface area contributed by atoms with Crippen LogP contribution in [0.2, 0.25) is 0 Å². The van der Waals surface area contributed by atoms with Crippen LogP contribution in [0.15, 0.2) is 42.7 Å². The fourth-order valence-corrected chi connectivity index (χ4v) is 2.02. The second-order valence-electron chi connectivity index (χ2n) is 4.87. The third kappa shape index (κ3) is 3.09. The molecule has 0 fully saturated rings. The number of rotatable bonds is 4. The third-order valence-corrected chi connectivity index (χ3v) is 3.08.